The van der Waals surface area contributed by atoms with Crippen LogP contribution in [0.3, 0.4) is 0 Å². The number of allylic oxidation sites excluding steroid dienone is 3. The Bertz CT molecular complexity index is 800. The number of fused-ring (bicyclic) bond motifs is 1. The van der Waals surface area contributed by atoms with Gasteiger partial charge in [0.1, 0.15) is 0 Å². The number of carbonyl (C=O) groups excluding carboxylic acids is 2. The van der Waals surface area contributed by atoms with Crippen LogP contribution in [0.5, 0.6) is 0 Å². The molecule has 0 saturated heterocycles. The van der Waals surface area contributed by atoms with E-state index >= 15 is 0 Å². The van der Waals surface area contributed by atoms with E-state index in [-0.39, 0.29) is 5.91 Å². The first kappa shape index (κ1) is 20.3. The van der Waals surface area contributed by atoms with Gasteiger partial charge in [-0.25, -0.2) is 0 Å². The maximum atomic E-state index is 11.8. The molecule has 1 aromatic rings. The highest BCUT2D eigenvalue weighted by Crippen LogP contribution is 2.33. The predicted octanol–water partition coefficient (Wildman–Crippen LogP) is 4.43. The molecular weight excluding hydrogens is 352 g/mol. The Morgan fingerprint density at radius 3 is 2.68 bits per heavy atom. The number of anilines is 1. The second kappa shape index (κ2) is 9.20. The van der Waals surface area contributed by atoms with Gasteiger partial charge in [-0.05, 0) is 67.5 Å². The highest BCUT2D eigenvalue weighted by atomic mass is 16.5. The average Bonchev–Trinajstić information content (AvgIpc) is 3.18. The monoisotopic (exact) mass is 382 g/mol. The smallest absolute Gasteiger partial charge is 0.224 e. The van der Waals surface area contributed by atoms with Crippen molar-refractivity contribution in [1.29, 1.82) is 0 Å². The van der Waals surface area contributed by atoms with E-state index in [9.17, 15) is 9.59 Å². The van der Waals surface area contributed by atoms with Gasteiger partial charge >= 0.3 is 0 Å². The van der Waals surface area contributed by atoms with E-state index < -0.39 is 0 Å². The number of amides is 2. The Labute approximate surface area is 167 Å². The minimum Gasteiger partial charge on any atom is -0.374 e. The number of hydrogen-bond acceptors (Lipinski definition) is 3. The third-order valence-electron chi connectivity index (χ3n) is 5.27. The Kier molecular flexibility index (Phi) is 6.68. The van der Waals surface area contributed by atoms with E-state index in [0.717, 1.165) is 59.2 Å². The van der Waals surface area contributed by atoms with Gasteiger partial charge in [0.15, 0.2) is 0 Å². The van der Waals surface area contributed by atoms with E-state index in [1.54, 1.807) is 7.05 Å². The van der Waals surface area contributed by atoms with Crippen molar-refractivity contribution in [3.8, 4) is 0 Å². The van der Waals surface area contributed by atoms with Crippen LogP contribution in [0.2, 0.25) is 0 Å². The molecule has 1 aromatic carbocycles. The molecule has 5 heteroatoms. The highest BCUT2D eigenvalue weighted by Gasteiger charge is 2.21. The average molecular weight is 383 g/mol. The Morgan fingerprint density at radius 1 is 1.25 bits per heavy atom. The molecule has 0 radical (unpaired) electrons. The van der Waals surface area contributed by atoms with E-state index in [0.29, 0.717) is 19.1 Å². The Morgan fingerprint density at radius 2 is 2.00 bits per heavy atom. The number of carbonyl (C=O) groups is 2. The highest BCUT2D eigenvalue weighted by molar-refractivity contribution is 5.94. The fraction of sp³-hybridized carbons (Fsp3) is 0.478. The zero-order valence-electron chi connectivity index (χ0n) is 17.1. The summed E-state index contributed by atoms with van der Waals surface area (Å²) in [6.45, 7) is 4.59. The molecule has 2 aliphatic rings. The summed E-state index contributed by atoms with van der Waals surface area (Å²) in [5.74, 6) is 0.0589. The van der Waals surface area contributed by atoms with E-state index in [1.165, 1.54) is 17.7 Å². The number of aryl methyl sites for hydroxylation is 1. The lowest BCUT2D eigenvalue weighted by Gasteiger charge is -2.22. The maximum Gasteiger partial charge on any atom is 0.224 e. The van der Waals surface area contributed by atoms with Crippen molar-refractivity contribution in [3.05, 3.63) is 46.7 Å². The van der Waals surface area contributed by atoms with Crippen LogP contribution in [0.25, 0.3) is 5.57 Å². The van der Waals surface area contributed by atoms with Crippen molar-refractivity contribution in [3.63, 3.8) is 0 Å². The topological polar surface area (TPSA) is 58.6 Å². The van der Waals surface area contributed by atoms with Crippen LogP contribution in [0, 0.1) is 0 Å². The van der Waals surface area contributed by atoms with Gasteiger partial charge < -0.3 is 15.0 Å². The first-order valence-electron chi connectivity index (χ1n) is 10.1. The molecule has 1 heterocycles. The summed E-state index contributed by atoms with van der Waals surface area (Å²) < 4.78 is 6.19. The van der Waals surface area contributed by atoms with Crippen LogP contribution < -0.4 is 5.32 Å². The first-order chi connectivity index (χ1) is 13.5. The molecular formula is C23H30N2O3. The van der Waals surface area contributed by atoms with Crippen LogP contribution >= 0.6 is 0 Å². The molecule has 1 fully saturated rings. The zero-order valence-corrected chi connectivity index (χ0v) is 17.1. The normalized spacial score (nSPS) is 17.1. The lowest BCUT2D eigenvalue weighted by molar-refractivity contribution is -0.116. The molecule has 0 spiro atoms. The Hall–Kier alpha value is -2.40. The molecule has 0 bridgehead atoms. The molecule has 3 rings (SSSR count). The van der Waals surface area contributed by atoms with Crippen LogP contribution in [-0.2, 0) is 27.4 Å². The van der Waals surface area contributed by atoms with Gasteiger partial charge in [-0.2, -0.15) is 0 Å². The molecule has 0 aromatic heterocycles. The number of nitrogens with one attached hydrogen (secondary N) is 1. The van der Waals surface area contributed by atoms with Gasteiger partial charge in [-0.3, -0.25) is 9.59 Å². The predicted molar refractivity (Wildman–Crippen MR) is 112 cm³/mol. The summed E-state index contributed by atoms with van der Waals surface area (Å²) in [6, 6.07) is 4.19. The summed E-state index contributed by atoms with van der Waals surface area (Å²) in [4.78, 5) is 24.6. The van der Waals surface area contributed by atoms with Crippen LogP contribution in [-0.4, -0.2) is 30.4 Å². The third-order valence-corrected chi connectivity index (χ3v) is 5.27. The molecule has 28 heavy (non-hydrogen) atoms. The second-order valence-electron chi connectivity index (χ2n) is 8.01. The summed E-state index contributed by atoms with van der Waals surface area (Å²) in [5.41, 5.74) is 6.23. The second-order valence-corrected chi connectivity index (χ2v) is 8.01. The van der Waals surface area contributed by atoms with Crippen molar-refractivity contribution in [2.24, 2.45) is 0 Å². The SMILES string of the molecule is CC(C)=C/C(=C\N(C)C=O)c1cc2c(cc1COC1CCCC1)NC(=O)CC2. The van der Waals surface area contributed by atoms with Crippen LogP contribution in [0.15, 0.2) is 30.0 Å². The number of nitrogens with zero attached hydrogens (tertiary/aromatic N) is 1. The van der Waals surface area contributed by atoms with Gasteiger partial charge in [0.05, 0.1) is 12.7 Å². The standard InChI is InChI=1S/C23H30N2O3/c1-16(2)10-18(13-25(3)15-26)21-11-17-8-9-23(27)24-22(17)12-19(21)14-28-20-6-4-5-7-20/h10-13,15,20H,4-9,14H2,1-3H3,(H,24,27)/b18-13+. The molecule has 1 N–H and O–H groups in total. The van der Waals surface area contributed by atoms with Crippen LogP contribution in [0.4, 0.5) is 5.69 Å². The van der Waals surface area contributed by atoms with Gasteiger partial charge in [0, 0.05) is 25.4 Å². The molecule has 0 unspecified atom stereocenters. The molecule has 5 nitrogen and oxygen atoms in total. The minimum atomic E-state index is 0.0589. The van der Waals surface area contributed by atoms with Crippen molar-refractivity contribution in [2.75, 3.05) is 12.4 Å². The zero-order chi connectivity index (χ0) is 20.1. The van der Waals surface area contributed by atoms with E-state index in [2.05, 4.69) is 17.5 Å². The lowest BCUT2D eigenvalue weighted by Crippen LogP contribution is -2.20. The number of hydrogen-bond donors (Lipinski definition) is 1. The van der Waals surface area contributed by atoms with Crippen molar-refractivity contribution in [1.82, 2.24) is 4.90 Å². The summed E-state index contributed by atoms with van der Waals surface area (Å²) in [6.07, 6.45) is 11.0. The quantitative estimate of drug-likeness (QED) is 0.561. The van der Waals surface area contributed by atoms with Gasteiger partial charge in [-0.1, -0.05) is 24.5 Å². The van der Waals surface area contributed by atoms with Gasteiger partial charge in [0.25, 0.3) is 0 Å². The maximum absolute atomic E-state index is 11.8. The molecule has 1 aliphatic carbocycles. The van der Waals surface area contributed by atoms with Gasteiger partial charge in [-0.15, -0.1) is 0 Å². The van der Waals surface area contributed by atoms with Gasteiger partial charge in [0.2, 0.25) is 12.3 Å². The fourth-order valence-electron chi connectivity index (χ4n) is 3.87. The number of rotatable bonds is 7. The molecule has 150 valence electrons. The van der Waals surface area contributed by atoms with Crippen molar-refractivity contribution >= 4 is 23.6 Å². The number of benzene rings is 1. The van der Waals surface area contributed by atoms with E-state index in [4.69, 9.17) is 4.74 Å². The fourth-order valence-corrected chi connectivity index (χ4v) is 3.87. The first-order valence-corrected chi connectivity index (χ1v) is 10.1. The molecule has 1 saturated carbocycles. The van der Waals surface area contributed by atoms with E-state index in [1.807, 2.05) is 26.1 Å². The van der Waals surface area contributed by atoms with Crippen molar-refractivity contribution in [2.45, 2.75) is 65.1 Å². The molecule has 1 aliphatic heterocycles. The summed E-state index contributed by atoms with van der Waals surface area (Å²) in [5, 5.41) is 2.99. The summed E-state index contributed by atoms with van der Waals surface area (Å²) in [7, 11) is 1.74. The lowest BCUT2D eigenvalue weighted by atomic mass is 9.92. The Balaban J connectivity index is 2.02. The molecule has 0 atom stereocenters. The molecule has 2 amide bonds. The van der Waals surface area contributed by atoms with Crippen LogP contribution in [0.1, 0.15) is 62.6 Å². The third kappa shape index (κ3) is 5.10. The summed E-state index contributed by atoms with van der Waals surface area (Å²) >= 11 is 0. The minimum absolute atomic E-state index is 0.0589. The van der Waals surface area contributed by atoms with Crippen molar-refractivity contribution < 1.29 is 14.3 Å². The number of ether oxygens (including phenoxy) is 1. The largest absolute Gasteiger partial charge is 0.374 e.